The van der Waals surface area contributed by atoms with Crippen LogP contribution in [0.5, 0.6) is 0 Å². The molecule has 0 atom stereocenters. The molecule has 1 aliphatic carbocycles. The van der Waals surface area contributed by atoms with Gasteiger partial charge in [-0.15, -0.1) is 0 Å². The molecular formula is C26H25FN6O6. The highest BCUT2D eigenvalue weighted by Crippen LogP contribution is 2.33. The molecule has 0 spiro atoms. The van der Waals surface area contributed by atoms with Gasteiger partial charge in [0.05, 0.1) is 27.3 Å². The Hall–Kier alpha value is -4.81. The molecule has 1 fully saturated rings. The molecule has 1 aromatic heterocycles. The second-order valence-electron chi connectivity index (χ2n) is 9.32. The first-order chi connectivity index (χ1) is 18.7. The zero-order valence-electron chi connectivity index (χ0n) is 21.1. The third-order valence-corrected chi connectivity index (χ3v) is 6.98. The van der Waals surface area contributed by atoms with Crippen LogP contribution in [0.15, 0.2) is 52.0 Å². The standard InChI is InChI=1S/C26H25FN6O6/c1-16-24-20(29-28-19-10-9-17(32(35)36)15-22(19)33(37)38)6-4-8-23(24)39-25(16)26(34)31-13-11-30(12-14-31)21-7-3-2-5-18(21)27/h2-3,5,7,9-10,15,28H,4,6,8,11-14H2,1H3/b29-20+. The topological polar surface area (TPSA) is 147 Å². The monoisotopic (exact) mass is 536 g/mol. The fraction of sp³-hybridized carbons (Fsp3) is 0.308. The number of hydrogen-bond acceptors (Lipinski definition) is 9. The molecule has 3 aromatic rings. The second-order valence-corrected chi connectivity index (χ2v) is 9.32. The lowest BCUT2D eigenvalue weighted by atomic mass is 9.93. The molecule has 39 heavy (non-hydrogen) atoms. The summed E-state index contributed by atoms with van der Waals surface area (Å²) in [5.41, 5.74) is 4.22. The smallest absolute Gasteiger partial charge is 0.301 e. The van der Waals surface area contributed by atoms with Gasteiger partial charge in [0.15, 0.2) is 5.76 Å². The number of halogens is 1. The molecule has 1 aliphatic heterocycles. The van der Waals surface area contributed by atoms with Gasteiger partial charge in [0.25, 0.3) is 11.6 Å². The maximum atomic E-state index is 14.2. The second kappa shape index (κ2) is 10.5. The fourth-order valence-electron chi connectivity index (χ4n) is 4.99. The van der Waals surface area contributed by atoms with Crippen LogP contribution >= 0.6 is 0 Å². The van der Waals surface area contributed by atoms with Crippen molar-refractivity contribution in [1.29, 1.82) is 0 Å². The molecule has 1 amide bonds. The predicted molar refractivity (Wildman–Crippen MR) is 141 cm³/mol. The van der Waals surface area contributed by atoms with Crippen LogP contribution in [0.1, 0.15) is 40.3 Å². The molecule has 1 N–H and O–H groups in total. The molecule has 0 saturated carbocycles. The Kier molecular flexibility index (Phi) is 6.96. The van der Waals surface area contributed by atoms with Crippen LogP contribution in [0, 0.1) is 33.0 Å². The minimum Gasteiger partial charge on any atom is -0.455 e. The van der Waals surface area contributed by atoms with E-state index in [1.54, 1.807) is 30.0 Å². The van der Waals surface area contributed by atoms with Gasteiger partial charge in [-0.2, -0.15) is 5.10 Å². The van der Waals surface area contributed by atoms with Gasteiger partial charge >= 0.3 is 5.69 Å². The number of hydrazone groups is 1. The van der Waals surface area contributed by atoms with Crippen molar-refractivity contribution in [1.82, 2.24) is 4.90 Å². The van der Waals surface area contributed by atoms with E-state index in [4.69, 9.17) is 4.42 Å². The van der Waals surface area contributed by atoms with E-state index in [0.717, 1.165) is 12.1 Å². The molecule has 202 valence electrons. The van der Waals surface area contributed by atoms with Crippen molar-refractivity contribution in [2.75, 3.05) is 36.5 Å². The molecule has 0 radical (unpaired) electrons. The number of aryl methyl sites for hydroxylation is 1. The zero-order valence-corrected chi connectivity index (χ0v) is 21.1. The van der Waals surface area contributed by atoms with Gasteiger partial charge in [0.1, 0.15) is 17.3 Å². The number of amides is 1. The highest BCUT2D eigenvalue weighted by atomic mass is 19.1. The van der Waals surface area contributed by atoms with E-state index >= 15 is 0 Å². The first-order valence-electron chi connectivity index (χ1n) is 12.4. The average molecular weight is 537 g/mol. The minimum absolute atomic E-state index is 0.00963. The van der Waals surface area contributed by atoms with E-state index in [1.807, 2.05) is 4.90 Å². The number of anilines is 2. The first-order valence-corrected chi connectivity index (χ1v) is 12.4. The van der Waals surface area contributed by atoms with Gasteiger partial charge in [-0.25, -0.2) is 4.39 Å². The van der Waals surface area contributed by atoms with Crippen molar-refractivity contribution in [3.05, 3.63) is 91.2 Å². The van der Waals surface area contributed by atoms with Crippen molar-refractivity contribution in [3.63, 3.8) is 0 Å². The van der Waals surface area contributed by atoms with Gasteiger partial charge in [0.2, 0.25) is 0 Å². The van der Waals surface area contributed by atoms with E-state index < -0.39 is 21.2 Å². The van der Waals surface area contributed by atoms with E-state index in [-0.39, 0.29) is 23.2 Å². The number of nitrogens with zero attached hydrogens (tertiary/aromatic N) is 5. The van der Waals surface area contributed by atoms with Gasteiger partial charge in [-0.05, 0) is 38.0 Å². The molecular weight excluding hydrogens is 511 g/mol. The number of nitrogens with one attached hydrogen (secondary N) is 1. The van der Waals surface area contributed by atoms with E-state index in [0.29, 0.717) is 73.7 Å². The van der Waals surface area contributed by atoms with Crippen molar-refractivity contribution >= 4 is 34.4 Å². The molecule has 12 nitrogen and oxygen atoms in total. The number of nitro benzene ring substituents is 2. The summed E-state index contributed by atoms with van der Waals surface area (Å²) < 4.78 is 20.2. The lowest BCUT2D eigenvalue weighted by Gasteiger charge is -2.35. The van der Waals surface area contributed by atoms with E-state index in [1.165, 1.54) is 12.1 Å². The van der Waals surface area contributed by atoms with Crippen LogP contribution < -0.4 is 10.3 Å². The third-order valence-electron chi connectivity index (χ3n) is 6.98. The van der Waals surface area contributed by atoms with Gasteiger partial charge in [-0.1, -0.05) is 12.1 Å². The minimum atomic E-state index is -0.715. The molecule has 2 heterocycles. The van der Waals surface area contributed by atoms with Crippen molar-refractivity contribution in [2.45, 2.75) is 26.2 Å². The first kappa shape index (κ1) is 25.8. The predicted octanol–water partition coefficient (Wildman–Crippen LogP) is 4.66. The number of para-hydroxylation sites is 1. The fourth-order valence-corrected chi connectivity index (χ4v) is 4.99. The summed E-state index contributed by atoms with van der Waals surface area (Å²) in [6.45, 7) is 3.56. The van der Waals surface area contributed by atoms with E-state index in [9.17, 15) is 29.4 Å². The number of rotatable bonds is 6. The molecule has 0 bridgehead atoms. The van der Waals surface area contributed by atoms with Crippen LogP contribution in [-0.4, -0.2) is 52.5 Å². The summed E-state index contributed by atoms with van der Waals surface area (Å²) in [6, 6.07) is 9.83. The number of hydrogen-bond donors (Lipinski definition) is 1. The van der Waals surface area contributed by atoms with Gasteiger partial charge in [-0.3, -0.25) is 30.4 Å². The summed E-state index contributed by atoms with van der Waals surface area (Å²) in [4.78, 5) is 38.0. The van der Waals surface area contributed by atoms with Crippen molar-refractivity contribution in [3.8, 4) is 0 Å². The summed E-state index contributed by atoms with van der Waals surface area (Å²) in [5.74, 6) is 0.279. The Morgan fingerprint density at radius 1 is 1.05 bits per heavy atom. The number of non-ortho nitro benzene ring substituents is 1. The van der Waals surface area contributed by atoms with Crippen molar-refractivity contribution in [2.24, 2.45) is 5.10 Å². The van der Waals surface area contributed by atoms with Gasteiger partial charge < -0.3 is 14.2 Å². The summed E-state index contributed by atoms with van der Waals surface area (Å²) in [6.07, 6.45) is 1.87. The lowest BCUT2D eigenvalue weighted by Crippen LogP contribution is -2.49. The SMILES string of the molecule is Cc1c(C(=O)N2CCN(c3ccccc3F)CC2)oc2c1/C(=N/Nc1ccc([N+](=O)[O-])cc1[N+](=O)[O-])CCC2. The van der Waals surface area contributed by atoms with Crippen LogP contribution in [0.4, 0.5) is 27.1 Å². The Balaban J connectivity index is 1.35. The zero-order chi connectivity index (χ0) is 27.7. The van der Waals surface area contributed by atoms with Crippen LogP contribution in [-0.2, 0) is 6.42 Å². The molecule has 5 rings (SSSR count). The molecule has 13 heteroatoms. The highest BCUT2D eigenvalue weighted by molar-refractivity contribution is 6.06. The Morgan fingerprint density at radius 2 is 1.79 bits per heavy atom. The number of furan rings is 1. The van der Waals surface area contributed by atoms with Gasteiger partial charge in [0, 0.05) is 49.8 Å². The number of carbonyl (C=O) groups excluding carboxylic acids is 1. The number of carbonyl (C=O) groups is 1. The van der Waals surface area contributed by atoms with E-state index in [2.05, 4.69) is 10.5 Å². The normalized spacial score (nSPS) is 16.2. The van der Waals surface area contributed by atoms with Crippen LogP contribution in [0.2, 0.25) is 0 Å². The molecule has 1 saturated heterocycles. The number of nitro groups is 2. The van der Waals surface area contributed by atoms with Crippen molar-refractivity contribution < 1.29 is 23.4 Å². The molecule has 2 aliphatic rings. The number of benzene rings is 2. The maximum Gasteiger partial charge on any atom is 0.301 e. The number of fused-ring (bicyclic) bond motifs is 1. The Bertz CT molecular complexity index is 1490. The van der Waals surface area contributed by atoms with Crippen LogP contribution in [0.25, 0.3) is 0 Å². The lowest BCUT2D eigenvalue weighted by molar-refractivity contribution is -0.393. The summed E-state index contributed by atoms with van der Waals surface area (Å²) in [7, 11) is 0. The molecule has 2 aromatic carbocycles. The third kappa shape index (κ3) is 5.02. The highest BCUT2D eigenvalue weighted by Gasteiger charge is 2.32. The summed E-state index contributed by atoms with van der Waals surface area (Å²) in [5, 5.41) is 26.8. The largest absolute Gasteiger partial charge is 0.455 e. The average Bonchev–Trinajstić information content (AvgIpc) is 3.28. The summed E-state index contributed by atoms with van der Waals surface area (Å²) >= 11 is 0. The Labute approximate surface area is 222 Å². The van der Waals surface area contributed by atoms with Crippen LogP contribution in [0.3, 0.4) is 0 Å². The quantitative estimate of drug-likeness (QED) is 0.353. The molecule has 0 unspecified atom stereocenters. The number of piperazine rings is 1. The Morgan fingerprint density at radius 3 is 2.49 bits per heavy atom. The maximum absolute atomic E-state index is 14.2.